The van der Waals surface area contributed by atoms with Crippen molar-refractivity contribution in [2.45, 2.75) is 39.5 Å². The molecule has 0 radical (unpaired) electrons. The summed E-state index contributed by atoms with van der Waals surface area (Å²) in [5.74, 6) is 0. The molecule has 16 heavy (non-hydrogen) atoms. The molecule has 4 heteroatoms. The summed E-state index contributed by atoms with van der Waals surface area (Å²) in [7, 11) is -1.93. The number of nitrogens with one attached hydrogen (secondary N) is 1. The molecule has 0 saturated carbocycles. The van der Waals surface area contributed by atoms with Crippen LogP contribution in [-0.2, 0) is 10.0 Å². The van der Waals surface area contributed by atoms with Crippen molar-refractivity contribution in [1.29, 1.82) is 0 Å². The first-order valence-corrected chi connectivity index (χ1v) is 6.72. The third kappa shape index (κ3) is 1.87. The maximum Gasteiger partial charge on any atom is 0.240 e. The van der Waals surface area contributed by atoms with Gasteiger partial charge in [-0.15, -0.1) is 0 Å². The van der Waals surface area contributed by atoms with Gasteiger partial charge in [-0.1, -0.05) is 0 Å². The third-order valence-corrected chi connectivity index (χ3v) is 5.16. The second kappa shape index (κ2) is 4.18. The van der Waals surface area contributed by atoms with Crippen LogP contribution in [0.25, 0.3) is 0 Å². The zero-order valence-electron chi connectivity index (χ0n) is 10.7. The number of hydrogen-bond donors (Lipinski definition) is 1. The Kier molecular flexibility index (Phi) is 3.45. The molecule has 3 nitrogen and oxygen atoms in total. The fourth-order valence-electron chi connectivity index (χ4n) is 1.97. The lowest BCUT2D eigenvalue weighted by atomic mass is 9.95. The molecule has 0 aliphatic rings. The Balaban J connectivity index is 3.79. The van der Waals surface area contributed by atoms with Gasteiger partial charge in [0.25, 0.3) is 0 Å². The summed E-state index contributed by atoms with van der Waals surface area (Å²) in [5, 5.41) is 0. The van der Waals surface area contributed by atoms with Gasteiger partial charge in [0.15, 0.2) is 0 Å². The first-order valence-electron chi connectivity index (χ1n) is 5.24. The Morgan fingerprint density at radius 3 is 1.38 bits per heavy atom. The van der Waals surface area contributed by atoms with Crippen LogP contribution in [0.5, 0.6) is 0 Å². The summed E-state index contributed by atoms with van der Waals surface area (Å²) in [4.78, 5) is 0.426. The molecule has 1 rings (SSSR count). The zero-order chi connectivity index (χ0) is 12.7. The van der Waals surface area contributed by atoms with E-state index in [0.29, 0.717) is 4.90 Å². The van der Waals surface area contributed by atoms with Crippen LogP contribution in [0.15, 0.2) is 4.90 Å². The molecule has 0 aliphatic carbocycles. The Hall–Kier alpha value is -0.870. The van der Waals surface area contributed by atoms with Gasteiger partial charge in [0.1, 0.15) is 0 Å². The zero-order valence-corrected chi connectivity index (χ0v) is 11.5. The largest absolute Gasteiger partial charge is 0.240 e. The van der Waals surface area contributed by atoms with Crippen molar-refractivity contribution in [3.63, 3.8) is 0 Å². The molecular weight excluding hydrogens is 222 g/mol. The molecule has 0 atom stereocenters. The molecule has 0 aromatic heterocycles. The van der Waals surface area contributed by atoms with E-state index in [4.69, 9.17) is 0 Å². The average molecular weight is 241 g/mol. The van der Waals surface area contributed by atoms with Crippen LogP contribution in [0, 0.1) is 34.6 Å². The van der Waals surface area contributed by atoms with Crippen LogP contribution < -0.4 is 4.72 Å². The first kappa shape index (κ1) is 13.2. The molecule has 0 saturated heterocycles. The molecule has 1 N–H and O–H groups in total. The minimum atomic E-state index is -3.37. The van der Waals surface area contributed by atoms with Crippen molar-refractivity contribution in [2.24, 2.45) is 0 Å². The van der Waals surface area contributed by atoms with Crippen molar-refractivity contribution in [3.8, 4) is 0 Å². The molecule has 90 valence electrons. The monoisotopic (exact) mass is 241 g/mol. The van der Waals surface area contributed by atoms with Crippen molar-refractivity contribution in [2.75, 3.05) is 7.05 Å². The maximum absolute atomic E-state index is 11.9. The van der Waals surface area contributed by atoms with Crippen LogP contribution in [0.1, 0.15) is 27.8 Å². The lowest BCUT2D eigenvalue weighted by Gasteiger charge is -2.18. The number of hydrogen-bond acceptors (Lipinski definition) is 2. The van der Waals surface area contributed by atoms with Crippen LogP contribution in [0.2, 0.25) is 0 Å². The van der Waals surface area contributed by atoms with E-state index in [0.717, 1.165) is 22.3 Å². The molecule has 0 unspecified atom stereocenters. The lowest BCUT2D eigenvalue weighted by molar-refractivity contribution is 0.586. The van der Waals surface area contributed by atoms with Crippen molar-refractivity contribution >= 4 is 10.0 Å². The number of benzene rings is 1. The Morgan fingerprint density at radius 1 is 0.750 bits per heavy atom. The Bertz CT molecular complexity index is 501. The number of rotatable bonds is 2. The van der Waals surface area contributed by atoms with Gasteiger partial charge in [0, 0.05) is 0 Å². The molecule has 0 amide bonds. The highest BCUT2D eigenvalue weighted by atomic mass is 32.2. The van der Waals surface area contributed by atoms with E-state index in [1.165, 1.54) is 12.6 Å². The fourth-order valence-corrected chi connectivity index (χ4v) is 3.29. The molecule has 1 aromatic rings. The quantitative estimate of drug-likeness (QED) is 0.862. The first-order chi connectivity index (χ1) is 7.24. The summed E-state index contributed by atoms with van der Waals surface area (Å²) in [6.45, 7) is 9.68. The van der Waals surface area contributed by atoms with Gasteiger partial charge < -0.3 is 0 Å². The fraction of sp³-hybridized carbons (Fsp3) is 0.500. The number of sulfonamides is 1. The van der Waals surface area contributed by atoms with Gasteiger partial charge in [0.2, 0.25) is 10.0 Å². The van der Waals surface area contributed by atoms with Crippen LogP contribution in [0.4, 0.5) is 0 Å². The van der Waals surface area contributed by atoms with Crippen LogP contribution >= 0.6 is 0 Å². The minimum Gasteiger partial charge on any atom is -0.214 e. The summed E-state index contributed by atoms with van der Waals surface area (Å²) >= 11 is 0. The van der Waals surface area contributed by atoms with Crippen molar-refractivity contribution in [3.05, 3.63) is 27.8 Å². The van der Waals surface area contributed by atoms with Crippen LogP contribution in [0.3, 0.4) is 0 Å². The van der Waals surface area contributed by atoms with E-state index < -0.39 is 10.0 Å². The van der Waals surface area contributed by atoms with Gasteiger partial charge in [-0.2, -0.15) is 0 Å². The predicted octanol–water partition coefficient (Wildman–Crippen LogP) is 2.14. The maximum atomic E-state index is 11.9. The molecular formula is C12H19NO2S. The summed E-state index contributed by atoms with van der Waals surface area (Å²) < 4.78 is 26.3. The normalized spacial score (nSPS) is 11.9. The van der Waals surface area contributed by atoms with E-state index in [9.17, 15) is 8.42 Å². The highest BCUT2D eigenvalue weighted by molar-refractivity contribution is 7.89. The molecule has 0 fully saturated rings. The molecule has 0 spiro atoms. The lowest BCUT2D eigenvalue weighted by Crippen LogP contribution is -2.22. The average Bonchev–Trinajstić information content (AvgIpc) is 2.23. The van der Waals surface area contributed by atoms with Crippen molar-refractivity contribution < 1.29 is 8.42 Å². The van der Waals surface area contributed by atoms with Gasteiger partial charge >= 0.3 is 0 Å². The van der Waals surface area contributed by atoms with Gasteiger partial charge in [-0.25, -0.2) is 13.1 Å². The molecule has 0 aliphatic heterocycles. The third-order valence-electron chi connectivity index (χ3n) is 3.47. The smallest absolute Gasteiger partial charge is 0.214 e. The Morgan fingerprint density at radius 2 is 1.06 bits per heavy atom. The second-order valence-electron chi connectivity index (χ2n) is 4.16. The molecule has 0 bridgehead atoms. The van der Waals surface area contributed by atoms with E-state index in [1.807, 2.05) is 34.6 Å². The Labute approximate surface area is 97.9 Å². The highest BCUT2D eigenvalue weighted by Crippen LogP contribution is 2.29. The topological polar surface area (TPSA) is 46.2 Å². The van der Waals surface area contributed by atoms with E-state index in [2.05, 4.69) is 4.72 Å². The standard InChI is InChI=1S/C12H19NO2S/c1-7-8(2)10(4)12(11(5)9(7)3)16(14,15)13-6/h13H,1-6H3. The van der Waals surface area contributed by atoms with Gasteiger partial charge in [-0.05, 0) is 69.5 Å². The minimum absolute atomic E-state index is 0.426. The van der Waals surface area contributed by atoms with E-state index in [-0.39, 0.29) is 0 Å². The van der Waals surface area contributed by atoms with Gasteiger partial charge in [-0.3, -0.25) is 0 Å². The van der Waals surface area contributed by atoms with Crippen molar-refractivity contribution in [1.82, 2.24) is 4.72 Å². The van der Waals surface area contributed by atoms with E-state index in [1.54, 1.807) is 0 Å². The second-order valence-corrected chi connectivity index (χ2v) is 5.99. The predicted molar refractivity (Wildman–Crippen MR) is 66.4 cm³/mol. The summed E-state index contributed by atoms with van der Waals surface area (Å²) in [6, 6.07) is 0. The summed E-state index contributed by atoms with van der Waals surface area (Å²) in [6.07, 6.45) is 0. The van der Waals surface area contributed by atoms with E-state index >= 15 is 0 Å². The molecule has 0 heterocycles. The van der Waals surface area contributed by atoms with Crippen LogP contribution in [-0.4, -0.2) is 15.5 Å². The summed E-state index contributed by atoms with van der Waals surface area (Å²) in [5.41, 5.74) is 4.96. The molecule has 1 aromatic carbocycles. The highest BCUT2D eigenvalue weighted by Gasteiger charge is 2.21. The van der Waals surface area contributed by atoms with Gasteiger partial charge in [0.05, 0.1) is 4.90 Å². The SMILES string of the molecule is CNS(=O)(=O)c1c(C)c(C)c(C)c(C)c1C.